The van der Waals surface area contributed by atoms with Crippen LogP contribution in [-0.2, 0) is 4.79 Å². The summed E-state index contributed by atoms with van der Waals surface area (Å²) in [6, 6.07) is 12.2. The Balaban J connectivity index is 1.48. The van der Waals surface area contributed by atoms with E-state index in [9.17, 15) is 4.79 Å². The highest BCUT2D eigenvalue weighted by Gasteiger charge is 2.22. The fourth-order valence-corrected chi connectivity index (χ4v) is 3.79. The molecule has 144 valence electrons. The molecule has 0 saturated carbocycles. The van der Waals surface area contributed by atoms with E-state index in [1.807, 2.05) is 30.0 Å². The maximum atomic E-state index is 12.5. The van der Waals surface area contributed by atoms with Gasteiger partial charge < -0.3 is 15.1 Å². The van der Waals surface area contributed by atoms with Crippen LogP contribution in [0.25, 0.3) is 0 Å². The van der Waals surface area contributed by atoms with Gasteiger partial charge >= 0.3 is 0 Å². The van der Waals surface area contributed by atoms with Gasteiger partial charge in [0.05, 0.1) is 0 Å². The normalized spacial score (nSPS) is 14.4. The second-order valence-electron chi connectivity index (χ2n) is 7.22. The molecule has 0 bridgehead atoms. The standard InChI is InChI=1S/C22H28ClN3O/c1-16-5-4-6-21(18(16)3)25-11-13-26(14-12-25)22(27)9-10-24-20-8-7-19(23)15-17(20)2/h4-8,15,24H,9-14H2,1-3H3. The fourth-order valence-electron chi connectivity index (χ4n) is 3.56. The van der Waals surface area contributed by atoms with Crippen molar-refractivity contribution in [2.45, 2.75) is 27.2 Å². The van der Waals surface area contributed by atoms with Gasteiger partial charge in [-0.25, -0.2) is 0 Å². The zero-order valence-electron chi connectivity index (χ0n) is 16.4. The van der Waals surface area contributed by atoms with Crippen LogP contribution >= 0.6 is 11.6 Å². The maximum absolute atomic E-state index is 12.5. The van der Waals surface area contributed by atoms with Crippen LogP contribution in [0.15, 0.2) is 36.4 Å². The van der Waals surface area contributed by atoms with Crippen molar-refractivity contribution in [2.75, 3.05) is 42.9 Å². The third-order valence-electron chi connectivity index (χ3n) is 5.39. The average Bonchev–Trinajstić information content (AvgIpc) is 2.66. The number of nitrogens with one attached hydrogen (secondary N) is 1. The molecular weight excluding hydrogens is 358 g/mol. The van der Waals surface area contributed by atoms with Gasteiger partial charge in [-0.3, -0.25) is 4.79 Å². The summed E-state index contributed by atoms with van der Waals surface area (Å²) in [5.41, 5.74) is 6.07. The van der Waals surface area contributed by atoms with Gasteiger partial charge in [0.2, 0.25) is 5.91 Å². The Morgan fingerprint density at radius 1 is 1.04 bits per heavy atom. The Morgan fingerprint density at radius 2 is 1.78 bits per heavy atom. The number of nitrogens with zero attached hydrogens (tertiary/aromatic N) is 2. The monoisotopic (exact) mass is 385 g/mol. The molecule has 1 saturated heterocycles. The molecule has 1 fully saturated rings. The van der Waals surface area contributed by atoms with E-state index in [2.05, 4.69) is 42.3 Å². The van der Waals surface area contributed by atoms with Crippen LogP contribution < -0.4 is 10.2 Å². The minimum absolute atomic E-state index is 0.217. The van der Waals surface area contributed by atoms with Crippen molar-refractivity contribution in [3.8, 4) is 0 Å². The van der Waals surface area contributed by atoms with Crippen LogP contribution in [0.4, 0.5) is 11.4 Å². The zero-order valence-corrected chi connectivity index (χ0v) is 17.1. The van der Waals surface area contributed by atoms with Crippen molar-refractivity contribution < 1.29 is 4.79 Å². The lowest BCUT2D eigenvalue weighted by Gasteiger charge is -2.37. The van der Waals surface area contributed by atoms with Crippen molar-refractivity contribution in [3.05, 3.63) is 58.1 Å². The number of hydrogen-bond acceptors (Lipinski definition) is 3. The molecule has 1 aliphatic rings. The van der Waals surface area contributed by atoms with Gasteiger partial charge in [-0.1, -0.05) is 23.7 Å². The van der Waals surface area contributed by atoms with Crippen molar-refractivity contribution in [1.82, 2.24) is 4.90 Å². The molecule has 1 N–H and O–H groups in total. The number of aryl methyl sites for hydroxylation is 2. The van der Waals surface area contributed by atoms with Crippen molar-refractivity contribution in [2.24, 2.45) is 0 Å². The van der Waals surface area contributed by atoms with E-state index in [4.69, 9.17) is 11.6 Å². The Bertz CT molecular complexity index is 813. The molecule has 4 nitrogen and oxygen atoms in total. The summed E-state index contributed by atoms with van der Waals surface area (Å²) in [6.07, 6.45) is 0.505. The molecule has 2 aromatic rings. The zero-order chi connectivity index (χ0) is 19.4. The minimum atomic E-state index is 0.217. The van der Waals surface area contributed by atoms with E-state index in [0.717, 1.165) is 42.5 Å². The summed E-state index contributed by atoms with van der Waals surface area (Å²) in [5, 5.41) is 4.07. The highest BCUT2D eigenvalue weighted by Crippen LogP contribution is 2.24. The Labute approximate surface area is 167 Å². The van der Waals surface area contributed by atoms with Gasteiger partial charge in [0.1, 0.15) is 0 Å². The topological polar surface area (TPSA) is 35.6 Å². The molecule has 1 heterocycles. The van der Waals surface area contributed by atoms with Gasteiger partial charge in [-0.05, 0) is 61.7 Å². The van der Waals surface area contributed by atoms with Gasteiger partial charge in [-0.15, -0.1) is 0 Å². The third-order valence-corrected chi connectivity index (χ3v) is 5.63. The summed E-state index contributed by atoms with van der Waals surface area (Å²) in [5.74, 6) is 0.217. The summed E-state index contributed by atoms with van der Waals surface area (Å²) in [7, 11) is 0. The Kier molecular flexibility index (Phi) is 6.27. The molecule has 0 aliphatic carbocycles. The number of hydrogen-bond donors (Lipinski definition) is 1. The highest BCUT2D eigenvalue weighted by molar-refractivity contribution is 6.30. The van der Waals surface area contributed by atoms with E-state index in [0.29, 0.717) is 13.0 Å². The lowest BCUT2D eigenvalue weighted by molar-refractivity contribution is -0.131. The van der Waals surface area contributed by atoms with Gasteiger partial charge in [0, 0.05) is 55.5 Å². The first-order valence-corrected chi connectivity index (χ1v) is 9.92. The first kappa shape index (κ1) is 19.6. The smallest absolute Gasteiger partial charge is 0.224 e. The minimum Gasteiger partial charge on any atom is -0.384 e. The third kappa shape index (κ3) is 4.75. The van der Waals surface area contributed by atoms with Gasteiger partial charge in [0.15, 0.2) is 0 Å². The Hall–Kier alpha value is -2.20. The summed E-state index contributed by atoms with van der Waals surface area (Å²) in [6.45, 7) is 10.3. The van der Waals surface area contributed by atoms with Gasteiger partial charge in [0.25, 0.3) is 0 Å². The number of benzene rings is 2. The number of halogens is 1. The molecule has 27 heavy (non-hydrogen) atoms. The van der Waals surface area contributed by atoms with E-state index >= 15 is 0 Å². The van der Waals surface area contributed by atoms with Crippen LogP contribution in [0.2, 0.25) is 5.02 Å². The van der Waals surface area contributed by atoms with E-state index in [1.165, 1.54) is 16.8 Å². The number of carbonyl (C=O) groups is 1. The molecule has 0 unspecified atom stereocenters. The maximum Gasteiger partial charge on any atom is 0.224 e. The number of carbonyl (C=O) groups excluding carboxylic acids is 1. The predicted molar refractivity (Wildman–Crippen MR) is 114 cm³/mol. The predicted octanol–water partition coefficient (Wildman–Crippen LogP) is 4.42. The molecule has 5 heteroatoms. The van der Waals surface area contributed by atoms with Crippen molar-refractivity contribution in [3.63, 3.8) is 0 Å². The molecule has 1 amide bonds. The van der Waals surface area contributed by atoms with E-state index < -0.39 is 0 Å². The summed E-state index contributed by atoms with van der Waals surface area (Å²) >= 11 is 5.98. The van der Waals surface area contributed by atoms with Crippen molar-refractivity contribution in [1.29, 1.82) is 0 Å². The number of amides is 1. The molecule has 0 aromatic heterocycles. The SMILES string of the molecule is Cc1cc(Cl)ccc1NCCC(=O)N1CCN(c2cccc(C)c2C)CC1. The van der Waals surface area contributed by atoms with Crippen LogP contribution in [0.3, 0.4) is 0 Å². The number of piperazine rings is 1. The van der Waals surface area contributed by atoms with Crippen LogP contribution in [-0.4, -0.2) is 43.5 Å². The van der Waals surface area contributed by atoms with Crippen LogP contribution in [0.5, 0.6) is 0 Å². The first-order valence-electron chi connectivity index (χ1n) is 9.54. The second-order valence-corrected chi connectivity index (χ2v) is 7.66. The number of anilines is 2. The molecule has 0 radical (unpaired) electrons. The molecule has 2 aromatic carbocycles. The average molecular weight is 386 g/mol. The molecule has 0 spiro atoms. The Morgan fingerprint density at radius 3 is 2.48 bits per heavy atom. The van der Waals surface area contributed by atoms with E-state index in [1.54, 1.807) is 0 Å². The number of rotatable bonds is 5. The van der Waals surface area contributed by atoms with Gasteiger partial charge in [-0.2, -0.15) is 0 Å². The van der Waals surface area contributed by atoms with Crippen molar-refractivity contribution >= 4 is 28.9 Å². The molecular formula is C22H28ClN3O. The molecule has 3 rings (SSSR count). The lowest BCUT2D eigenvalue weighted by atomic mass is 10.1. The van der Waals surface area contributed by atoms with Crippen LogP contribution in [0.1, 0.15) is 23.1 Å². The van der Waals surface area contributed by atoms with Crippen LogP contribution in [0, 0.1) is 20.8 Å². The fraction of sp³-hybridized carbons (Fsp3) is 0.409. The molecule has 0 atom stereocenters. The largest absolute Gasteiger partial charge is 0.384 e. The molecule has 1 aliphatic heterocycles. The lowest BCUT2D eigenvalue weighted by Crippen LogP contribution is -2.49. The summed E-state index contributed by atoms with van der Waals surface area (Å²) < 4.78 is 0. The van der Waals surface area contributed by atoms with E-state index in [-0.39, 0.29) is 5.91 Å². The highest BCUT2D eigenvalue weighted by atomic mass is 35.5. The second kappa shape index (κ2) is 8.66. The first-order chi connectivity index (χ1) is 13.0. The summed E-state index contributed by atoms with van der Waals surface area (Å²) in [4.78, 5) is 16.9. The quantitative estimate of drug-likeness (QED) is 0.827.